The standard InChI is InChI=1S/C21H26O8/c1-26-16-7-5-14(9-18(16)28-3)19-21(25,11-22)20(24,12-29-19)10-13-4-6-15(23)17(8-13)27-2/h4-9,19,22-25H,10-12H2,1-3H3. The molecule has 1 fully saturated rings. The minimum absolute atomic E-state index is 0.0233. The Kier molecular flexibility index (Phi) is 5.90. The van der Waals surface area contributed by atoms with Gasteiger partial charge in [0.1, 0.15) is 17.3 Å². The molecule has 1 aliphatic rings. The normalized spacial score (nSPS) is 26.3. The zero-order valence-electron chi connectivity index (χ0n) is 16.6. The second-order valence-electron chi connectivity index (χ2n) is 7.10. The second kappa shape index (κ2) is 8.08. The molecule has 158 valence electrons. The monoisotopic (exact) mass is 406 g/mol. The van der Waals surface area contributed by atoms with Crippen molar-refractivity contribution >= 4 is 0 Å². The molecule has 0 radical (unpaired) electrons. The Balaban J connectivity index is 1.94. The van der Waals surface area contributed by atoms with Crippen molar-refractivity contribution in [2.24, 2.45) is 0 Å². The summed E-state index contributed by atoms with van der Waals surface area (Å²) in [5.41, 5.74) is -2.62. The van der Waals surface area contributed by atoms with Gasteiger partial charge in [-0.25, -0.2) is 0 Å². The predicted molar refractivity (Wildman–Crippen MR) is 104 cm³/mol. The van der Waals surface area contributed by atoms with Crippen LogP contribution in [0.15, 0.2) is 36.4 Å². The van der Waals surface area contributed by atoms with Crippen LogP contribution in [-0.2, 0) is 11.2 Å². The smallest absolute Gasteiger partial charge is 0.161 e. The van der Waals surface area contributed by atoms with Crippen LogP contribution in [0.3, 0.4) is 0 Å². The molecule has 0 spiro atoms. The quantitative estimate of drug-likeness (QED) is 0.542. The zero-order valence-corrected chi connectivity index (χ0v) is 16.6. The average Bonchev–Trinajstić information content (AvgIpc) is 2.99. The predicted octanol–water partition coefficient (Wildman–Crippen LogP) is 1.19. The Labute approximate surface area is 168 Å². The van der Waals surface area contributed by atoms with E-state index in [2.05, 4.69) is 0 Å². The van der Waals surface area contributed by atoms with Gasteiger partial charge < -0.3 is 39.4 Å². The summed E-state index contributed by atoms with van der Waals surface area (Å²) in [5.74, 6) is 1.15. The van der Waals surface area contributed by atoms with Crippen molar-refractivity contribution in [1.82, 2.24) is 0 Å². The summed E-state index contributed by atoms with van der Waals surface area (Å²) >= 11 is 0. The Morgan fingerprint density at radius 3 is 2.28 bits per heavy atom. The van der Waals surface area contributed by atoms with Crippen molar-refractivity contribution in [1.29, 1.82) is 0 Å². The maximum absolute atomic E-state index is 11.3. The first kappa shape index (κ1) is 21.2. The minimum atomic E-state index is -1.97. The summed E-state index contributed by atoms with van der Waals surface area (Å²) in [6.07, 6.45) is -1.01. The molecule has 0 aliphatic carbocycles. The lowest BCUT2D eigenvalue weighted by molar-refractivity contribution is -0.158. The summed E-state index contributed by atoms with van der Waals surface area (Å²) in [7, 11) is 4.42. The fourth-order valence-corrected chi connectivity index (χ4v) is 3.72. The zero-order chi connectivity index (χ0) is 21.2. The van der Waals surface area contributed by atoms with Gasteiger partial charge in [0.2, 0.25) is 0 Å². The molecule has 1 heterocycles. The molecule has 2 aromatic rings. The maximum Gasteiger partial charge on any atom is 0.161 e. The van der Waals surface area contributed by atoms with Crippen molar-refractivity contribution in [3.8, 4) is 23.0 Å². The van der Waals surface area contributed by atoms with E-state index in [1.807, 2.05) is 0 Å². The molecule has 0 bridgehead atoms. The van der Waals surface area contributed by atoms with Crippen LogP contribution in [0, 0.1) is 0 Å². The molecule has 0 amide bonds. The van der Waals surface area contributed by atoms with Gasteiger partial charge >= 0.3 is 0 Å². The van der Waals surface area contributed by atoms with Crippen LogP contribution in [0.25, 0.3) is 0 Å². The number of hydrogen-bond acceptors (Lipinski definition) is 8. The number of aliphatic hydroxyl groups excluding tert-OH is 1. The summed E-state index contributed by atoms with van der Waals surface area (Å²) in [5, 5.41) is 42.3. The molecule has 3 unspecified atom stereocenters. The largest absolute Gasteiger partial charge is 0.504 e. The van der Waals surface area contributed by atoms with Crippen LogP contribution in [-0.4, -0.2) is 66.2 Å². The van der Waals surface area contributed by atoms with E-state index in [0.717, 1.165) is 0 Å². The van der Waals surface area contributed by atoms with E-state index >= 15 is 0 Å². The number of ether oxygens (including phenoxy) is 4. The number of aliphatic hydroxyl groups is 3. The Hall–Kier alpha value is -2.52. The number of rotatable bonds is 7. The first-order valence-electron chi connectivity index (χ1n) is 9.07. The number of phenolic OH excluding ortho intramolecular Hbond substituents is 1. The topological polar surface area (TPSA) is 118 Å². The number of aromatic hydroxyl groups is 1. The molecule has 4 N–H and O–H groups in total. The first-order chi connectivity index (χ1) is 13.8. The van der Waals surface area contributed by atoms with Crippen molar-refractivity contribution in [2.45, 2.75) is 23.7 Å². The fraction of sp³-hybridized carbons (Fsp3) is 0.429. The number of methoxy groups -OCH3 is 3. The molecule has 1 aliphatic heterocycles. The molecule has 8 heteroatoms. The van der Waals surface area contributed by atoms with Gasteiger partial charge in [-0.15, -0.1) is 0 Å². The van der Waals surface area contributed by atoms with E-state index in [9.17, 15) is 20.4 Å². The molecule has 0 aromatic heterocycles. The number of phenols is 1. The molecule has 3 rings (SSSR count). The Morgan fingerprint density at radius 2 is 1.66 bits per heavy atom. The van der Waals surface area contributed by atoms with Gasteiger partial charge in [-0.3, -0.25) is 0 Å². The van der Waals surface area contributed by atoms with Gasteiger partial charge in [-0.2, -0.15) is 0 Å². The van der Waals surface area contributed by atoms with Crippen LogP contribution >= 0.6 is 0 Å². The van der Waals surface area contributed by atoms with E-state index in [-0.39, 0.29) is 24.5 Å². The van der Waals surface area contributed by atoms with Crippen LogP contribution < -0.4 is 14.2 Å². The van der Waals surface area contributed by atoms with E-state index in [1.165, 1.54) is 27.4 Å². The van der Waals surface area contributed by atoms with E-state index in [4.69, 9.17) is 18.9 Å². The number of hydrogen-bond donors (Lipinski definition) is 4. The van der Waals surface area contributed by atoms with Crippen molar-refractivity contribution < 1.29 is 39.4 Å². The SMILES string of the molecule is COc1cc(CC2(O)COC(c3ccc(OC)c(OC)c3)C2(O)CO)ccc1O. The lowest BCUT2D eigenvalue weighted by Gasteiger charge is -2.38. The highest BCUT2D eigenvalue weighted by molar-refractivity contribution is 5.45. The van der Waals surface area contributed by atoms with E-state index < -0.39 is 23.9 Å². The van der Waals surface area contributed by atoms with Crippen LogP contribution in [0.1, 0.15) is 17.2 Å². The molecule has 1 saturated heterocycles. The fourth-order valence-electron chi connectivity index (χ4n) is 3.72. The third kappa shape index (κ3) is 3.60. The first-order valence-corrected chi connectivity index (χ1v) is 9.07. The van der Waals surface area contributed by atoms with Crippen LogP contribution in [0.4, 0.5) is 0 Å². The van der Waals surface area contributed by atoms with E-state index in [1.54, 1.807) is 30.3 Å². The van der Waals surface area contributed by atoms with Crippen LogP contribution in [0.2, 0.25) is 0 Å². The highest BCUT2D eigenvalue weighted by Gasteiger charge is 2.60. The van der Waals surface area contributed by atoms with Crippen LogP contribution in [0.5, 0.6) is 23.0 Å². The van der Waals surface area contributed by atoms with Crippen molar-refractivity contribution in [2.75, 3.05) is 34.5 Å². The Bertz CT molecular complexity index is 870. The molecular weight excluding hydrogens is 380 g/mol. The third-order valence-corrected chi connectivity index (χ3v) is 5.42. The van der Waals surface area contributed by atoms with Gasteiger partial charge in [0.15, 0.2) is 23.0 Å². The van der Waals surface area contributed by atoms with Gasteiger partial charge in [0.05, 0.1) is 34.5 Å². The Morgan fingerprint density at radius 1 is 0.966 bits per heavy atom. The summed E-state index contributed by atoms with van der Waals surface area (Å²) in [6, 6.07) is 9.60. The maximum atomic E-state index is 11.3. The molecule has 2 aromatic carbocycles. The molecule has 29 heavy (non-hydrogen) atoms. The molecule has 0 saturated carbocycles. The summed E-state index contributed by atoms with van der Waals surface area (Å²) < 4.78 is 21.4. The lowest BCUT2D eigenvalue weighted by atomic mass is 9.76. The third-order valence-electron chi connectivity index (χ3n) is 5.42. The summed E-state index contributed by atoms with van der Waals surface area (Å²) in [6.45, 7) is -0.927. The van der Waals surface area contributed by atoms with Crippen molar-refractivity contribution in [3.05, 3.63) is 47.5 Å². The molecule has 3 atom stereocenters. The van der Waals surface area contributed by atoms with E-state index in [0.29, 0.717) is 22.6 Å². The minimum Gasteiger partial charge on any atom is -0.504 e. The van der Waals surface area contributed by atoms with Gasteiger partial charge in [-0.05, 0) is 35.4 Å². The molecule has 8 nitrogen and oxygen atoms in total. The average molecular weight is 406 g/mol. The summed E-state index contributed by atoms with van der Waals surface area (Å²) in [4.78, 5) is 0. The molecular formula is C21H26O8. The van der Waals surface area contributed by atoms with Crippen molar-refractivity contribution in [3.63, 3.8) is 0 Å². The highest BCUT2D eigenvalue weighted by Crippen LogP contribution is 2.47. The van der Waals surface area contributed by atoms with Gasteiger partial charge in [-0.1, -0.05) is 12.1 Å². The van der Waals surface area contributed by atoms with Gasteiger partial charge in [0, 0.05) is 6.42 Å². The lowest BCUT2D eigenvalue weighted by Crippen LogP contribution is -2.58. The number of benzene rings is 2. The second-order valence-corrected chi connectivity index (χ2v) is 7.10. The van der Waals surface area contributed by atoms with Gasteiger partial charge in [0.25, 0.3) is 0 Å². The highest BCUT2D eigenvalue weighted by atomic mass is 16.5.